The number of carbonyl (C=O) groups excluding carboxylic acids is 1. The highest BCUT2D eigenvalue weighted by Gasteiger charge is 2.47. The molecular formula is C35H45N5O. The average Bonchev–Trinajstić information content (AvgIpc) is 3.68. The van der Waals surface area contributed by atoms with Gasteiger partial charge in [0, 0.05) is 56.1 Å². The van der Waals surface area contributed by atoms with Gasteiger partial charge in [0.25, 0.3) is 0 Å². The smallest absolute Gasteiger partial charge is 0.317 e. The number of allylic oxidation sites excluding steroid dienone is 4. The number of fused-ring (bicyclic) bond motifs is 3. The Balaban J connectivity index is 1.19. The summed E-state index contributed by atoms with van der Waals surface area (Å²) in [4.78, 5) is 25.0. The molecule has 2 aliphatic heterocycles. The molecule has 0 bridgehead atoms. The minimum atomic E-state index is 0.151. The minimum Gasteiger partial charge on any atom is -0.335 e. The third kappa shape index (κ3) is 5.08. The first kappa shape index (κ1) is 26.7. The van der Waals surface area contributed by atoms with Gasteiger partial charge in [-0.15, -0.1) is 0 Å². The van der Waals surface area contributed by atoms with Crippen LogP contribution in [0, 0.1) is 31.6 Å². The number of amides is 2. The highest BCUT2D eigenvalue weighted by atomic mass is 16.2. The summed E-state index contributed by atoms with van der Waals surface area (Å²) >= 11 is 0. The van der Waals surface area contributed by atoms with Crippen molar-refractivity contribution in [2.75, 3.05) is 13.1 Å². The predicted octanol–water partition coefficient (Wildman–Crippen LogP) is 7.19. The van der Waals surface area contributed by atoms with E-state index in [4.69, 9.17) is 4.99 Å². The lowest BCUT2D eigenvalue weighted by molar-refractivity contribution is 0.160. The van der Waals surface area contributed by atoms with Crippen LogP contribution in [0.4, 0.5) is 4.79 Å². The fraction of sp³-hybridized carbons (Fsp3) is 0.571. The molecule has 1 saturated heterocycles. The summed E-state index contributed by atoms with van der Waals surface area (Å²) in [5.41, 5.74) is 9.98. The van der Waals surface area contributed by atoms with Crippen LogP contribution in [-0.2, 0) is 6.54 Å². The summed E-state index contributed by atoms with van der Waals surface area (Å²) in [6.07, 6.45) is 16.6. The first-order valence-electron chi connectivity index (χ1n) is 16.1. The van der Waals surface area contributed by atoms with E-state index in [9.17, 15) is 4.79 Å². The van der Waals surface area contributed by atoms with Gasteiger partial charge in [-0.25, -0.2) is 9.78 Å². The van der Waals surface area contributed by atoms with Crippen LogP contribution in [0.15, 0.2) is 52.4 Å². The zero-order valence-corrected chi connectivity index (χ0v) is 25.0. The summed E-state index contributed by atoms with van der Waals surface area (Å²) in [6.45, 7) is 9.28. The van der Waals surface area contributed by atoms with Gasteiger partial charge < -0.3 is 14.8 Å². The lowest BCUT2D eigenvalue weighted by Crippen LogP contribution is -2.48. The quantitative estimate of drug-likeness (QED) is 0.427. The van der Waals surface area contributed by atoms with E-state index in [2.05, 4.69) is 71.1 Å². The maximum atomic E-state index is 13.2. The molecule has 3 aliphatic carbocycles. The van der Waals surface area contributed by atoms with Crippen molar-refractivity contribution in [2.45, 2.75) is 97.1 Å². The monoisotopic (exact) mass is 551 g/mol. The van der Waals surface area contributed by atoms with Crippen LogP contribution in [0.1, 0.15) is 93.1 Å². The van der Waals surface area contributed by atoms with E-state index in [1.807, 2.05) is 6.20 Å². The van der Waals surface area contributed by atoms with Gasteiger partial charge in [0.1, 0.15) is 5.82 Å². The predicted molar refractivity (Wildman–Crippen MR) is 165 cm³/mol. The Hall–Kier alpha value is -3.15. The molecule has 41 heavy (non-hydrogen) atoms. The topological polar surface area (TPSA) is 62.5 Å². The van der Waals surface area contributed by atoms with Crippen molar-refractivity contribution in [3.05, 3.63) is 70.0 Å². The number of benzene rings is 1. The molecule has 2 aromatic rings. The van der Waals surface area contributed by atoms with Crippen LogP contribution in [-0.4, -0.2) is 45.8 Å². The molecule has 2 amide bonds. The van der Waals surface area contributed by atoms with Gasteiger partial charge in [-0.2, -0.15) is 0 Å². The first-order chi connectivity index (χ1) is 20.0. The Morgan fingerprint density at radius 3 is 2.61 bits per heavy atom. The molecular weight excluding hydrogens is 506 g/mol. The van der Waals surface area contributed by atoms with Crippen molar-refractivity contribution < 1.29 is 4.79 Å². The second kappa shape index (κ2) is 10.9. The normalized spacial score (nSPS) is 26.4. The van der Waals surface area contributed by atoms with E-state index >= 15 is 0 Å². The molecule has 3 atom stereocenters. The molecule has 1 aromatic heterocycles. The number of rotatable bonds is 5. The lowest BCUT2D eigenvalue weighted by atomic mass is 9.75. The number of urea groups is 1. The van der Waals surface area contributed by atoms with E-state index in [0.717, 1.165) is 57.6 Å². The molecule has 6 nitrogen and oxygen atoms in total. The van der Waals surface area contributed by atoms with Crippen LogP contribution < -0.4 is 5.32 Å². The Labute approximate surface area is 245 Å². The van der Waals surface area contributed by atoms with Crippen molar-refractivity contribution in [1.82, 2.24) is 19.8 Å². The summed E-state index contributed by atoms with van der Waals surface area (Å²) in [5.74, 6) is 3.06. The van der Waals surface area contributed by atoms with E-state index in [1.54, 1.807) is 0 Å². The van der Waals surface area contributed by atoms with Crippen LogP contribution >= 0.6 is 0 Å². The first-order valence-corrected chi connectivity index (χ1v) is 16.1. The molecule has 1 N–H and O–H groups in total. The number of nitrogens with zero attached hydrogens (tertiary/aromatic N) is 4. The van der Waals surface area contributed by atoms with E-state index in [0.29, 0.717) is 23.8 Å². The van der Waals surface area contributed by atoms with Crippen LogP contribution in [0.25, 0.3) is 5.57 Å². The van der Waals surface area contributed by atoms with Crippen LogP contribution in [0.2, 0.25) is 0 Å². The van der Waals surface area contributed by atoms with Crippen molar-refractivity contribution in [3.63, 3.8) is 0 Å². The Morgan fingerprint density at radius 2 is 1.85 bits per heavy atom. The summed E-state index contributed by atoms with van der Waals surface area (Å²) in [6, 6.07) is 7.64. The summed E-state index contributed by atoms with van der Waals surface area (Å²) < 4.78 is 2.28. The molecule has 3 unspecified atom stereocenters. The number of imidazole rings is 1. The number of carbonyl (C=O) groups is 1. The van der Waals surface area contributed by atoms with Gasteiger partial charge in [0.2, 0.25) is 0 Å². The SMILES string of the molecule is CC1=C(CCn2ccnc2C)c2cc(C)ccc2C(C2CCN(C(=O)NC3CCCCC3)CC2)C2=C1C1CC1C=N2. The standard InChI is InChI=1S/C35H45N5O/c1-22-9-10-29-31(19-22)28(13-17-39-18-14-36-24(39)3)23(2)32-30-20-26(30)21-37-34(32)33(29)25-11-15-40(16-12-25)35(41)38-27-7-5-4-6-8-27/h9-10,14,18-19,21,25-27,30,33H,4-8,11-13,15-17,20H2,1-3H3,(H,38,41). The number of hydrogen-bond donors (Lipinski definition) is 1. The molecule has 1 aromatic carbocycles. The van der Waals surface area contributed by atoms with Crippen LogP contribution in [0.3, 0.4) is 0 Å². The lowest BCUT2D eigenvalue weighted by Gasteiger charge is -2.38. The Kier molecular flexibility index (Phi) is 7.12. The second-order valence-electron chi connectivity index (χ2n) is 13.3. The fourth-order valence-electron chi connectivity index (χ4n) is 8.20. The van der Waals surface area contributed by atoms with Gasteiger partial charge in [-0.1, -0.05) is 43.0 Å². The van der Waals surface area contributed by atoms with Gasteiger partial charge in [0.05, 0.1) is 5.70 Å². The Morgan fingerprint density at radius 1 is 1.05 bits per heavy atom. The van der Waals surface area contributed by atoms with E-state index in [1.165, 1.54) is 64.8 Å². The molecule has 2 saturated carbocycles. The van der Waals surface area contributed by atoms with E-state index < -0.39 is 0 Å². The van der Waals surface area contributed by atoms with Crippen molar-refractivity contribution >= 4 is 17.8 Å². The highest BCUT2D eigenvalue weighted by molar-refractivity contribution is 5.82. The third-order valence-electron chi connectivity index (χ3n) is 10.7. The molecule has 6 heteroatoms. The van der Waals surface area contributed by atoms with Gasteiger partial charge in [-0.05, 0) is 99.0 Å². The average molecular weight is 552 g/mol. The van der Waals surface area contributed by atoms with Crippen LogP contribution in [0.5, 0.6) is 0 Å². The number of aliphatic imine (C=N–C) groups is 1. The summed E-state index contributed by atoms with van der Waals surface area (Å²) in [7, 11) is 0. The minimum absolute atomic E-state index is 0.151. The highest BCUT2D eigenvalue weighted by Crippen LogP contribution is 2.57. The number of aryl methyl sites for hydroxylation is 3. The van der Waals surface area contributed by atoms with Gasteiger partial charge in [0.15, 0.2) is 0 Å². The zero-order valence-electron chi connectivity index (χ0n) is 25.0. The largest absolute Gasteiger partial charge is 0.335 e. The third-order valence-corrected chi connectivity index (χ3v) is 10.7. The van der Waals surface area contributed by atoms with Crippen molar-refractivity contribution in [1.29, 1.82) is 0 Å². The number of aromatic nitrogens is 2. The van der Waals surface area contributed by atoms with Gasteiger partial charge in [-0.3, -0.25) is 4.99 Å². The number of nitrogens with one attached hydrogen (secondary N) is 1. The number of piperidine rings is 1. The zero-order chi connectivity index (χ0) is 28.1. The number of hydrogen-bond acceptors (Lipinski definition) is 3. The second-order valence-corrected chi connectivity index (χ2v) is 13.3. The molecule has 5 aliphatic rings. The van der Waals surface area contributed by atoms with Crippen molar-refractivity contribution in [2.24, 2.45) is 22.7 Å². The molecule has 0 spiro atoms. The number of likely N-dealkylation sites (tertiary alicyclic amines) is 1. The maximum absolute atomic E-state index is 13.2. The molecule has 7 rings (SSSR count). The molecule has 3 heterocycles. The fourth-order valence-corrected chi connectivity index (χ4v) is 8.20. The maximum Gasteiger partial charge on any atom is 0.317 e. The molecule has 0 radical (unpaired) electrons. The Bertz CT molecular complexity index is 1420. The molecule has 216 valence electrons. The summed E-state index contributed by atoms with van der Waals surface area (Å²) in [5, 5.41) is 3.35. The molecule has 3 fully saturated rings. The van der Waals surface area contributed by atoms with E-state index in [-0.39, 0.29) is 11.9 Å². The van der Waals surface area contributed by atoms with Gasteiger partial charge >= 0.3 is 6.03 Å². The van der Waals surface area contributed by atoms with Crippen molar-refractivity contribution in [3.8, 4) is 0 Å².